The van der Waals surface area contributed by atoms with Crippen LogP contribution < -0.4 is 4.74 Å². The molecule has 0 saturated heterocycles. The number of methoxy groups -OCH3 is 1. The van der Waals surface area contributed by atoms with Gasteiger partial charge in [-0.1, -0.05) is 41.9 Å². The van der Waals surface area contributed by atoms with Gasteiger partial charge in [-0.2, -0.15) is 0 Å². The molecule has 1 N–H and O–H groups in total. The quantitative estimate of drug-likeness (QED) is 0.684. The Balaban J connectivity index is 2.45. The zero-order valence-electron chi connectivity index (χ0n) is 10.8. The third kappa shape index (κ3) is 3.19. The second kappa shape index (κ2) is 6.26. The number of hydrogen-bond donors (Lipinski definition) is 1. The van der Waals surface area contributed by atoms with Crippen LogP contribution in [0.1, 0.15) is 11.1 Å². The Morgan fingerprint density at radius 1 is 1.15 bits per heavy atom. The highest BCUT2D eigenvalue weighted by molar-refractivity contribution is 6.35. The lowest BCUT2D eigenvalue weighted by molar-refractivity contribution is -0.130. The summed E-state index contributed by atoms with van der Waals surface area (Å²) in [4.78, 5) is 11.4. The highest BCUT2D eigenvalue weighted by Gasteiger charge is 2.13. The number of carboxylic acids is 1. The average molecular weight is 289 g/mol. The number of carboxylic acid groups (broad SMARTS) is 1. The molecule has 0 aliphatic rings. The molecule has 0 aliphatic heterocycles. The van der Waals surface area contributed by atoms with Gasteiger partial charge in [0.1, 0.15) is 5.75 Å². The molecule has 2 aromatic rings. The molecule has 4 heteroatoms. The molecule has 0 saturated carbocycles. The minimum absolute atomic E-state index is 0.153. The maximum atomic E-state index is 11.4. The van der Waals surface area contributed by atoms with E-state index < -0.39 is 5.97 Å². The molecule has 0 amide bonds. The van der Waals surface area contributed by atoms with Crippen molar-refractivity contribution >= 4 is 29.2 Å². The Kier molecular flexibility index (Phi) is 4.43. The first-order chi connectivity index (χ1) is 9.61. The van der Waals surface area contributed by atoms with Crippen molar-refractivity contribution in [1.82, 2.24) is 0 Å². The van der Waals surface area contributed by atoms with Crippen molar-refractivity contribution in [3.05, 3.63) is 64.7 Å². The molecule has 0 aliphatic carbocycles. The average Bonchev–Trinajstić information content (AvgIpc) is 2.46. The van der Waals surface area contributed by atoms with Gasteiger partial charge in [-0.25, -0.2) is 4.79 Å². The van der Waals surface area contributed by atoms with Crippen molar-refractivity contribution in [3.63, 3.8) is 0 Å². The summed E-state index contributed by atoms with van der Waals surface area (Å²) in [6, 6.07) is 14.0. The van der Waals surface area contributed by atoms with Crippen LogP contribution in [0.3, 0.4) is 0 Å². The van der Waals surface area contributed by atoms with Crippen LogP contribution in [0.25, 0.3) is 11.6 Å². The molecule has 0 bridgehead atoms. The molecule has 20 heavy (non-hydrogen) atoms. The van der Waals surface area contributed by atoms with E-state index >= 15 is 0 Å². The number of benzene rings is 2. The minimum atomic E-state index is -1.02. The summed E-state index contributed by atoms with van der Waals surface area (Å²) >= 11 is 6.05. The van der Waals surface area contributed by atoms with Crippen molar-refractivity contribution in [3.8, 4) is 5.75 Å². The predicted molar refractivity (Wildman–Crippen MR) is 80.0 cm³/mol. The van der Waals surface area contributed by atoms with Gasteiger partial charge in [0.15, 0.2) is 0 Å². The summed E-state index contributed by atoms with van der Waals surface area (Å²) in [6.45, 7) is 0. The van der Waals surface area contributed by atoms with Gasteiger partial charge in [0, 0.05) is 10.6 Å². The molecule has 2 rings (SSSR count). The maximum absolute atomic E-state index is 11.4. The maximum Gasteiger partial charge on any atom is 0.336 e. The Morgan fingerprint density at radius 3 is 2.35 bits per heavy atom. The van der Waals surface area contributed by atoms with Gasteiger partial charge >= 0.3 is 5.97 Å². The van der Waals surface area contributed by atoms with Crippen LogP contribution in [0.4, 0.5) is 0 Å². The molecular weight excluding hydrogens is 276 g/mol. The Hall–Kier alpha value is -2.26. The van der Waals surface area contributed by atoms with Crippen LogP contribution in [-0.2, 0) is 4.79 Å². The van der Waals surface area contributed by atoms with Crippen LogP contribution >= 0.6 is 11.6 Å². The smallest absolute Gasteiger partial charge is 0.336 e. The monoisotopic (exact) mass is 288 g/mol. The number of aliphatic carboxylic acids is 1. The first kappa shape index (κ1) is 14.2. The number of rotatable bonds is 4. The molecule has 102 valence electrons. The second-order valence-electron chi connectivity index (χ2n) is 4.12. The third-order valence-electron chi connectivity index (χ3n) is 2.82. The SMILES string of the molecule is COc1ccc(/C=C(/C(=O)O)c2ccccc2Cl)cc1. The van der Waals surface area contributed by atoms with E-state index in [1.165, 1.54) is 0 Å². The second-order valence-corrected chi connectivity index (χ2v) is 4.52. The molecule has 0 fully saturated rings. The van der Waals surface area contributed by atoms with E-state index in [-0.39, 0.29) is 5.57 Å². The zero-order valence-corrected chi connectivity index (χ0v) is 11.6. The number of ether oxygens (including phenoxy) is 1. The van der Waals surface area contributed by atoms with Crippen molar-refractivity contribution in [2.45, 2.75) is 0 Å². The van der Waals surface area contributed by atoms with Crippen LogP contribution in [0.5, 0.6) is 5.75 Å². The van der Waals surface area contributed by atoms with E-state index in [1.807, 2.05) is 0 Å². The molecule has 2 aromatic carbocycles. The van der Waals surface area contributed by atoms with Crippen molar-refractivity contribution < 1.29 is 14.6 Å². The fraction of sp³-hybridized carbons (Fsp3) is 0.0625. The first-order valence-electron chi connectivity index (χ1n) is 5.96. The van der Waals surface area contributed by atoms with E-state index in [0.717, 1.165) is 11.3 Å². The van der Waals surface area contributed by atoms with E-state index in [1.54, 1.807) is 61.7 Å². The fourth-order valence-corrected chi connectivity index (χ4v) is 2.04. The number of hydrogen-bond acceptors (Lipinski definition) is 2. The van der Waals surface area contributed by atoms with Gasteiger partial charge in [-0.3, -0.25) is 0 Å². The van der Waals surface area contributed by atoms with Crippen molar-refractivity contribution in [2.75, 3.05) is 7.11 Å². The molecule has 0 heterocycles. The summed E-state index contributed by atoms with van der Waals surface area (Å²) in [6.07, 6.45) is 1.59. The normalized spacial score (nSPS) is 11.2. The van der Waals surface area contributed by atoms with Crippen molar-refractivity contribution in [1.29, 1.82) is 0 Å². The van der Waals surface area contributed by atoms with Crippen LogP contribution in [0.15, 0.2) is 48.5 Å². The molecule has 3 nitrogen and oxygen atoms in total. The minimum Gasteiger partial charge on any atom is -0.497 e. The van der Waals surface area contributed by atoms with Gasteiger partial charge in [-0.15, -0.1) is 0 Å². The summed E-state index contributed by atoms with van der Waals surface area (Å²) in [5.41, 5.74) is 1.42. The Labute approximate surface area is 122 Å². The standard InChI is InChI=1S/C16H13ClO3/c1-20-12-8-6-11(7-9-12)10-14(16(18)19)13-4-2-3-5-15(13)17/h2-10H,1H3,(H,18,19)/b14-10+. The summed E-state index contributed by atoms with van der Waals surface area (Å²) < 4.78 is 5.07. The van der Waals surface area contributed by atoms with Crippen LogP contribution in [-0.4, -0.2) is 18.2 Å². The molecule has 0 aromatic heterocycles. The van der Waals surface area contributed by atoms with Crippen LogP contribution in [0, 0.1) is 0 Å². The van der Waals surface area contributed by atoms with E-state index in [0.29, 0.717) is 10.6 Å². The Morgan fingerprint density at radius 2 is 1.80 bits per heavy atom. The van der Waals surface area contributed by atoms with Crippen molar-refractivity contribution in [2.24, 2.45) is 0 Å². The van der Waals surface area contributed by atoms with Gasteiger partial charge < -0.3 is 9.84 Å². The first-order valence-corrected chi connectivity index (χ1v) is 6.33. The highest BCUT2D eigenvalue weighted by Crippen LogP contribution is 2.26. The number of halogens is 1. The lowest BCUT2D eigenvalue weighted by atomic mass is 10.0. The molecule has 0 radical (unpaired) electrons. The van der Waals surface area contributed by atoms with E-state index in [4.69, 9.17) is 16.3 Å². The van der Waals surface area contributed by atoms with Gasteiger partial charge in [0.25, 0.3) is 0 Å². The zero-order chi connectivity index (χ0) is 14.5. The highest BCUT2D eigenvalue weighted by atomic mass is 35.5. The largest absolute Gasteiger partial charge is 0.497 e. The topological polar surface area (TPSA) is 46.5 Å². The lowest BCUT2D eigenvalue weighted by Crippen LogP contribution is -2.00. The van der Waals surface area contributed by atoms with Gasteiger partial charge in [0.2, 0.25) is 0 Å². The van der Waals surface area contributed by atoms with Crippen LogP contribution in [0.2, 0.25) is 5.02 Å². The summed E-state index contributed by atoms with van der Waals surface area (Å²) in [5, 5.41) is 9.77. The summed E-state index contributed by atoms with van der Waals surface area (Å²) in [7, 11) is 1.58. The Bertz CT molecular complexity index is 645. The predicted octanol–water partition coefficient (Wildman–Crippen LogP) is 3.97. The molecule has 0 atom stereocenters. The third-order valence-corrected chi connectivity index (χ3v) is 3.15. The number of carbonyl (C=O) groups is 1. The lowest BCUT2D eigenvalue weighted by Gasteiger charge is -2.06. The fourth-order valence-electron chi connectivity index (χ4n) is 1.80. The summed E-state index contributed by atoms with van der Waals surface area (Å²) in [5.74, 6) is -0.300. The van der Waals surface area contributed by atoms with Gasteiger partial charge in [-0.05, 0) is 29.8 Å². The molecule has 0 spiro atoms. The molecular formula is C16H13ClO3. The van der Waals surface area contributed by atoms with E-state index in [2.05, 4.69) is 0 Å². The van der Waals surface area contributed by atoms with E-state index in [9.17, 15) is 9.90 Å². The van der Waals surface area contributed by atoms with Gasteiger partial charge in [0.05, 0.1) is 12.7 Å². The molecule has 0 unspecified atom stereocenters.